The van der Waals surface area contributed by atoms with Crippen molar-refractivity contribution in [2.45, 2.75) is 44.9 Å². The van der Waals surface area contributed by atoms with Crippen LogP contribution in [0.25, 0.3) is 0 Å². The lowest BCUT2D eigenvalue weighted by molar-refractivity contribution is -0.135. The van der Waals surface area contributed by atoms with Crippen molar-refractivity contribution >= 4 is 12.0 Å². The van der Waals surface area contributed by atoms with Gasteiger partial charge >= 0.3 is 6.09 Å². The Morgan fingerprint density at radius 3 is 2.67 bits per heavy atom. The second-order valence-corrected chi connectivity index (χ2v) is 9.33. The number of rotatable bonds is 2. The van der Waals surface area contributed by atoms with E-state index in [1.54, 1.807) is 0 Å². The first kappa shape index (κ1) is 18.3. The molecule has 1 N–H and O–H groups in total. The van der Waals surface area contributed by atoms with Gasteiger partial charge in [-0.25, -0.2) is 4.79 Å². The van der Waals surface area contributed by atoms with Crippen molar-refractivity contribution in [1.29, 1.82) is 0 Å². The summed E-state index contributed by atoms with van der Waals surface area (Å²) in [6.45, 7) is 9.24. The molecule has 1 aliphatic carbocycles. The number of hydrogen-bond acceptors (Lipinski definition) is 3. The molecule has 1 saturated carbocycles. The topological polar surface area (TPSA) is 58.6 Å². The summed E-state index contributed by atoms with van der Waals surface area (Å²) in [6, 6.07) is 8.99. The van der Waals surface area contributed by atoms with E-state index in [0.717, 1.165) is 25.9 Å². The highest BCUT2D eigenvalue weighted by Crippen LogP contribution is 2.58. The minimum absolute atomic E-state index is 0.113. The van der Waals surface area contributed by atoms with Gasteiger partial charge in [0.15, 0.2) is 0 Å². The fourth-order valence-corrected chi connectivity index (χ4v) is 4.74. The lowest BCUT2D eigenvalue weighted by Crippen LogP contribution is -2.43. The molecule has 3 fully saturated rings. The number of piperidine rings is 1. The van der Waals surface area contributed by atoms with Crippen LogP contribution in [-0.4, -0.2) is 43.1 Å². The van der Waals surface area contributed by atoms with Crippen molar-refractivity contribution in [1.82, 2.24) is 10.2 Å². The highest BCUT2D eigenvalue weighted by molar-refractivity contribution is 5.80. The maximum absolute atomic E-state index is 12.9. The smallest absolute Gasteiger partial charge is 0.407 e. The van der Waals surface area contributed by atoms with Crippen LogP contribution in [0.3, 0.4) is 0 Å². The SMILES string of the molecule is CC(C)(C)c1cccc([C@H]2[C@@H]3CN(C(=O)[C@@H]4CCCOC(=O)NC4)C[C@@H]32)c1. The van der Waals surface area contributed by atoms with Gasteiger partial charge in [0, 0.05) is 19.6 Å². The molecule has 0 aromatic heterocycles. The molecule has 4 rings (SSSR count). The van der Waals surface area contributed by atoms with Crippen LogP contribution >= 0.6 is 0 Å². The van der Waals surface area contributed by atoms with Crippen LogP contribution in [0.2, 0.25) is 0 Å². The number of carbonyl (C=O) groups is 2. The van der Waals surface area contributed by atoms with Gasteiger partial charge in [-0.15, -0.1) is 0 Å². The Kier molecular flexibility index (Phi) is 4.65. The predicted molar refractivity (Wildman–Crippen MR) is 104 cm³/mol. The van der Waals surface area contributed by atoms with E-state index in [-0.39, 0.29) is 17.2 Å². The largest absolute Gasteiger partial charge is 0.450 e. The van der Waals surface area contributed by atoms with E-state index in [0.29, 0.717) is 30.9 Å². The third-order valence-corrected chi connectivity index (χ3v) is 6.42. The van der Waals surface area contributed by atoms with Gasteiger partial charge in [-0.05, 0) is 47.1 Å². The Morgan fingerprint density at radius 2 is 1.96 bits per heavy atom. The molecule has 5 heteroatoms. The molecule has 2 aliphatic heterocycles. The Bertz CT molecular complexity index is 727. The molecule has 0 spiro atoms. The van der Waals surface area contributed by atoms with Gasteiger partial charge in [-0.2, -0.15) is 0 Å². The Balaban J connectivity index is 1.37. The number of carbonyl (C=O) groups excluding carboxylic acids is 2. The fraction of sp³-hybridized carbons (Fsp3) is 0.636. The summed E-state index contributed by atoms with van der Waals surface area (Å²) in [7, 11) is 0. The van der Waals surface area contributed by atoms with Gasteiger partial charge in [-0.1, -0.05) is 45.0 Å². The van der Waals surface area contributed by atoms with Gasteiger partial charge in [-0.3, -0.25) is 4.79 Å². The van der Waals surface area contributed by atoms with Crippen LogP contribution in [0.1, 0.15) is 50.7 Å². The highest BCUT2D eigenvalue weighted by atomic mass is 16.5. The molecule has 1 aromatic carbocycles. The van der Waals surface area contributed by atoms with Crippen LogP contribution in [0.4, 0.5) is 4.79 Å². The quantitative estimate of drug-likeness (QED) is 0.869. The first-order valence-corrected chi connectivity index (χ1v) is 10.1. The molecule has 5 nitrogen and oxygen atoms in total. The van der Waals surface area contributed by atoms with E-state index in [2.05, 4.69) is 50.4 Å². The maximum Gasteiger partial charge on any atom is 0.407 e. The highest BCUT2D eigenvalue weighted by Gasteiger charge is 2.57. The number of likely N-dealkylation sites (tertiary alicyclic amines) is 1. The second-order valence-electron chi connectivity index (χ2n) is 9.33. The molecule has 0 unspecified atom stereocenters. The van der Waals surface area contributed by atoms with E-state index < -0.39 is 6.09 Å². The predicted octanol–water partition coefficient (Wildman–Crippen LogP) is 3.29. The molecule has 0 bridgehead atoms. The summed E-state index contributed by atoms with van der Waals surface area (Å²) < 4.78 is 4.98. The van der Waals surface area contributed by atoms with Crippen LogP contribution in [0, 0.1) is 17.8 Å². The number of fused-ring (bicyclic) bond motifs is 1. The molecule has 0 radical (unpaired) electrons. The van der Waals surface area contributed by atoms with E-state index in [4.69, 9.17) is 4.74 Å². The van der Waals surface area contributed by atoms with Gasteiger partial charge in [0.25, 0.3) is 0 Å². The fourth-order valence-electron chi connectivity index (χ4n) is 4.74. The monoisotopic (exact) mass is 370 g/mol. The summed E-state index contributed by atoms with van der Waals surface area (Å²) in [5, 5.41) is 2.71. The summed E-state index contributed by atoms with van der Waals surface area (Å²) in [4.78, 5) is 26.4. The second kappa shape index (κ2) is 6.84. The Labute approximate surface area is 161 Å². The van der Waals surface area contributed by atoms with Crippen molar-refractivity contribution in [2.24, 2.45) is 17.8 Å². The number of nitrogens with one attached hydrogen (secondary N) is 1. The van der Waals surface area contributed by atoms with Crippen LogP contribution < -0.4 is 5.32 Å². The lowest BCUT2D eigenvalue weighted by Gasteiger charge is -2.27. The number of amides is 2. The standard InChI is InChI=1S/C22H30N2O3/c1-22(2,3)16-8-4-6-14(10-16)19-17-12-24(13-18(17)19)20(25)15-7-5-9-27-21(26)23-11-15/h4,6,8,10,15,17-19H,5,7,9,11-13H2,1-3H3,(H,23,26)/t15-,17-,18+,19+/m1/s1. The first-order chi connectivity index (χ1) is 12.8. The average molecular weight is 370 g/mol. The summed E-state index contributed by atoms with van der Waals surface area (Å²) in [5.41, 5.74) is 2.97. The number of cyclic esters (lactones) is 1. The molecular weight excluding hydrogens is 340 g/mol. The van der Waals surface area contributed by atoms with Gasteiger partial charge in [0.2, 0.25) is 5.91 Å². The summed E-state index contributed by atoms with van der Waals surface area (Å²) in [6.07, 6.45) is 1.13. The van der Waals surface area contributed by atoms with Crippen LogP contribution in [0.15, 0.2) is 24.3 Å². The molecule has 4 atom stereocenters. The van der Waals surface area contributed by atoms with E-state index in [9.17, 15) is 9.59 Å². The first-order valence-electron chi connectivity index (χ1n) is 10.1. The molecule has 27 heavy (non-hydrogen) atoms. The number of ether oxygens (including phenoxy) is 1. The number of nitrogens with zero attached hydrogens (tertiary/aromatic N) is 1. The normalized spacial score (nSPS) is 30.6. The van der Waals surface area contributed by atoms with E-state index in [1.165, 1.54) is 11.1 Å². The van der Waals surface area contributed by atoms with Crippen molar-refractivity contribution in [3.63, 3.8) is 0 Å². The zero-order valence-electron chi connectivity index (χ0n) is 16.5. The van der Waals surface area contributed by atoms with Crippen molar-refractivity contribution in [3.05, 3.63) is 35.4 Å². The van der Waals surface area contributed by atoms with E-state index >= 15 is 0 Å². The average Bonchev–Trinajstić information content (AvgIpc) is 3.11. The number of alkyl carbamates (subject to hydrolysis) is 1. The Morgan fingerprint density at radius 1 is 1.22 bits per heavy atom. The molecule has 2 saturated heterocycles. The lowest BCUT2D eigenvalue weighted by atomic mass is 9.85. The molecule has 3 aliphatic rings. The zero-order chi connectivity index (χ0) is 19.2. The molecule has 2 amide bonds. The minimum atomic E-state index is -0.407. The zero-order valence-corrected chi connectivity index (χ0v) is 16.5. The molecule has 2 heterocycles. The molecule has 146 valence electrons. The number of benzene rings is 1. The number of hydrogen-bond donors (Lipinski definition) is 1. The van der Waals surface area contributed by atoms with Crippen molar-refractivity contribution in [3.8, 4) is 0 Å². The van der Waals surface area contributed by atoms with Crippen LogP contribution in [0.5, 0.6) is 0 Å². The summed E-state index contributed by atoms with van der Waals surface area (Å²) in [5.74, 6) is 1.87. The molecular formula is C22H30N2O3. The summed E-state index contributed by atoms with van der Waals surface area (Å²) >= 11 is 0. The maximum atomic E-state index is 12.9. The minimum Gasteiger partial charge on any atom is -0.450 e. The van der Waals surface area contributed by atoms with Gasteiger partial charge < -0.3 is 15.0 Å². The van der Waals surface area contributed by atoms with Gasteiger partial charge in [0.05, 0.1) is 12.5 Å². The van der Waals surface area contributed by atoms with Crippen LogP contribution in [-0.2, 0) is 14.9 Å². The third-order valence-electron chi connectivity index (χ3n) is 6.42. The van der Waals surface area contributed by atoms with Crippen molar-refractivity contribution in [2.75, 3.05) is 26.2 Å². The molecule has 1 aromatic rings. The van der Waals surface area contributed by atoms with Gasteiger partial charge in [0.1, 0.15) is 0 Å². The van der Waals surface area contributed by atoms with Crippen molar-refractivity contribution < 1.29 is 14.3 Å². The Hall–Kier alpha value is -2.04. The van der Waals surface area contributed by atoms with E-state index in [1.807, 2.05) is 4.90 Å². The third kappa shape index (κ3) is 3.69.